The predicted octanol–water partition coefficient (Wildman–Crippen LogP) is -0.320. The average molecular weight is 300 g/mol. The Kier molecular flexibility index (Phi) is 4.35. The Morgan fingerprint density at radius 3 is 2.44 bits per heavy atom. The van der Waals surface area contributed by atoms with Crippen LogP contribution in [0.4, 0.5) is 14.4 Å². The first-order valence-corrected chi connectivity index (χ1v) is 6.72. The lowest BCUT2D eigenvalue weighted by atomic mass is 10.7. The molecule has 1 aliphatic rings. The number of carboxylic acid groups (broad SMARTS) is 1. The Morgan fingerprint density at radius 2 is 2.00 bits per heavy atom. The lowest BCUT2D eigenvalue weighted by Gasteiger charge is -2.16. The maximum atomic E-state index is 11.7. The van der Waals surface area contributed by atoms with Gasteiger partial charge >= 0.3 is 17.5 Å². The highest BCUT2D eigenvalue weighted by atomic mass is 35.5. The van der Waals surface area contributed by atoms with Crippen LogP contribution >= 0.6 is 11.6 Å². The van der Waals surface area contributed by atoms with Crippen molar-refractivity contribution in [3.05, 3.63) is 0 Å². The van der Waals surface area contributed by atoms with E-state index in [1.807, 2.05) is 5.32 Å². The standard InChI is InChI=1S/C7H10ClN3O6S/c8-5(12)10-2-3-11(7(10)15)18(16,17)4-1-9-6(13)14/h9H,1-4H2,(H,13,14). The molecule has 0 spiro atoms. The maximum Gasteiger partial charge on any atom is 0.404 e. The summed E-state index contributed by atoms with van der Waals surface area (Å²) >= 11 is 5.09. The van der Waals surface area contributed by atoms with E-state index >= 15 is 0 Å². The molecular formula is C7H10ClN3O6S. The van der Waals surface area contributed by atoms with Crippen molar-refractivity contribution in [3.8, 4) is 0 Å². The maximum absolute atomic E-state index is 11.7. The first-order chi connectivity index (χ1) is 8.25. The largest absolute Gasteiger partial charge is 0.465 e. The van der Waals surface area contributed by atoms with Crippen LogP contribution in [0.3, 0.4) is 0 Å². The minimum atomic E-state index is -3.97. The topological polar surface area (TPSA) is 124 Å². The SMILES string of the molecule is O=C(O)NCCS(=O)(=O)N1CCN(C(=O)Cl)C1=O. The summed E-state index contributed by atoms with van der Waals surface area (Å²) in [5, 5.41) is 9.10. The highest BCUT2D eigenvalue weighted by Crippen LogP contribution is 2.15. The van der Waals surface area contributed by atoms with Gasteiger partial charge in [0, 0.05) is 6.54 Å². The smallest absolute Gasteiger partial charge is 0.404 e. The number of urea groups is 1. The number of halogens is 1. The van der Waals surface area contributed by atoms with E-state index in [9.17, 15) is 22.8 Å². The zero-order valence-electron chi connectivity index (χ0n) is 9.00. The summed E-state index contributed by atoms with van der Waals surface area (Å²) in [6.07, 6.45) is -1.37. The normalized spacial score (nSPS) is 15.9. The molecule has 9 nitrogen and oxygen atoms in total. The average Bonchev–Trinajstić information content (AvgIpc) is 2.59. The van der Waals surface area contributed by atoms with Crippen LogP contribution < -0.4 is 5.32 Å². The molecule has 0 atom stereocenters. The van der Waals surface area contributed by atoms with E-state index in [2.05, 4.69) is 0 Å². The minimum absolute atomic E-state index is 0.118. The summed E-state index contributed by atoms with van der Waals surface area (Å²) in [6, 6.07) is -1.02. The molecule has 0 aromatic rings. The fraction of sp³-hybridized carbons (Fsp3) is 0.571. The number of carbonyl (C=O) groups is 3. The molecule has 11 heteroatoms. The number of hydrogen-bond acceptors (Lipinski definition) is 5. The number of nitrogens with one attached hydrogen (secondary N) is 1. The molecule has 18 heavy (non-hydrogen) atoms. The van der Waals surface area contributed by atoms with Crippen LogP contribution in [-0.2, 0) is 10.0 Å². The Hall–Kier alpha value is -1.55. The fourth-order valence-electron chi connectivity index (χ4n) is 1.34. The zero-order chi connectivity index (χ0) is 13.9. The van der Waals surface area contributed by atoms with E-state index in [0.717, 1.165) is 0 Å². The van der Waals surface area contributed by atoms with Crippen LogP contribution in [0.2, 0.25) is 0 Å². The highest BCUT2D eigenvalue weighted by Gasteiger charge is 2.39. The van der Waals surface area contributed by atoms with Crippen LogP contribution in [0, 0.1) is 0 Å². The Balaban J connectivity index is 2.67. The second-order valence-corrected chi connectivity index (χ2v) is 5.64. The Labute approximate surface area is 107 Å². The van der Waals surface area contributed by atoms with Gasteiger partial charge in [0.05, 0.1) is 18.8 Å². The molecule has 0 radical (unpaired) electrons. The third-order valence-electron chi connectivity index (χ3n) is 2.16. The van der Waals surface area contributed by atoms with E-state index in [-0.39, 0.29) is 19.6 Å². The number of imide groups is 1. The van der Waals surface area contributed by atoms with Gasteiger partial charge in [-0.3, -0.25) is 4.79 Å². The molecule has 0 bridgehead atoms. The monoisotopic (exact) mass is 299 g/mol. The molecule has 0 saturated carbocycles. The lowest BCUT2D eigenvalue weighted by Crippen LogP contribution is -2.40. The third-order valence-corrected chi connectivity index (χ3v) is 4.09. The van der Waals surface area contributed by atoms with Gasteiger partial charge in [-0.25, -0.2) is 27.2 Å². The van der Waals surface area contributed by atoms with Gasteiger partial charge in [-0.15, -0.1) is 0 Å². The zero-order valence-corrected chi connectivity index (χ0v) is 10.6. The van der Waals surface area contributed by atoms with Crippen molar-refractivity contribution < 1.29 is 27.9 Å². The number of sulfonamides is 1. The molecule has 1 saturated heterocycles. The van der Waals surface area contributed by atoms with Crippen LogP contribution in [-0.4, -0.2) is 65.6 Å². The molecule has 0 unspecified atom stereocenters. The summed E-state index contributed by atoms with van der Waals surface area (Å²) in [5.74, 6) is -0.574. The van der Waals surface area contributed by atoms with Gasteiger partial charge in [-0.05, 0) is 11.6 Å². The molecular weight excluding hydrogens is 290 g/mol. The van der Waals surface area contributed by atoms with Crippen molar-refractivity contribution in [1.82, 2.24) is 14.5 Å². The number of amides is 4. The van der Waals surface area contributed by atoms with Gasteiger partial charge in [0.2, 0.25) is 10.0 Å². The van der Waals surface area contributed by atoms with Gasteiger partial charge in [0.15, 0.2) is 0 Å². The Morgan fingerprint density at radius 1 is 1.39 bits per heavy atom. The lowest BCUT2D eigenvalue weighted by molar-refractivity contribution is 0.195. The van der Waals surface area contributed by atoms with Crippen molar-refractivity contribution in [2.45, 2.75) is 0 Å². The molecule has 1 fully saturated rings. The summed E-state index contributed by atoms with van der Waals surface area (Å²) in [5.41, 5.74) is 0. The van der Waals surface area contributed by atoms with E-state index < -0.39 is 33.3 Å². The molecule has 4 amide bonds. The van der Waals surface area contributed by atoms with E-state index in [1.165, 1.54) is 0 Å². The molecule has 1 rings (SSSR count). The van der Waals surface area contributed by atoms with Crippen molar-refractivity contribution >= 4 is 39.1 Å². The summed E-state index contributed by atoms with van der Waals surface area (Å²) < 4.78 is 23.9. The second kappa shape index (κ2) is 5.40. The van der Waals surface area contributed by atoms with Gasteiger partial charge in [-0.1, -0.05) is 0 Å². The number of nitrogens with zero attached hydrogens (tertiary/aromatic N) is 2. The number of hydrogen-bond donors (Lipinski definition) is 2. The quantitative estimate of drug-likeness (QED) is 0.541. The minimum Gasteiger partial charge on any atom is -0.465 e. The van der Waals surface area contributed by atoms with Crippen molar-refractivity contribution in [1.29, 1.82) is 0 Å². The number of rotatable bonds is 4. The molecule has 2 N–H and O–H groups in total. The van der Waals surface area contributed by atoms with Crippen LogP contribution in [0.25, 0.3) is 0 Å². The molecule has 0 aliphatic carbocycles. The van der Waals surface area contributed by atoms with Gasteiger partial charge in [0.25, 0.3) is 0 Å². The molecule has 0 aromatic heterocycles. The molecule has 1 heterocycles. The van der Waals surface area contributed by atoms with Gasteiger partial charge in [0.1, 0.15) is 0 Å². The first-order valence-electron chi connectivity index (χ1n) is 4.74. The van der Waals surface area contributed by atoms with Crippen LogP contribution in [0.5, 0.6) is 0 Å². The molecule has 1 aliphatic heterocycles. The second-order valence-electron chi connectivity index (χ2n) is 3.31. The molecule has 0 aromatic carbocycles. The Bertz CT molecular complexity index is 478. The summed E-state index contributed by atoms with van der Waals surface area (Å²) in [7, 11) is -3.97. The van der Waals surface area contributed by atoms with Gasteiger partial charge in [-0.2, -0.15) is 0 Å². The van der Waals surface area contributed by atoms with Crippen molar-refractivity contribution in [3.63, 3.8) is 0 Å². The first kappa shape index (κ1) is 14.5. The van der Waals surface area contributed by atoms with Crippen LogP contribution in [0.15, 0.2) is 0 Å². The van der Waals surface area contributed by atoms with E-state index in [0.29, 0.717) is 9.21 Å². The number of carbonyl (C=O) groups excluding carboxylic acids is 2. The highest BCUT2D eigenvalue weighted by molar-refractivity contribution is 7.89. The fourth-order valence-corrected chi connectivity index (χ4v) is 2.77. The van der Waals surface area contributed by atoms with E-state index in [4.69, 9.17) is 16.7 Å². The predicted molar refractivity (Wildman–Crippen MR) is 59.9 cm³/mol. The summed E-state index contributed by atoms with van der Waals surface area (Å²) in [6.45, 7) is -0.657. The van der Waals surface area contributed by atoms with Crippen LogP contribution in [0.1, 0.15) is 0 Å². The van der Waals surface area contributed by atoms with Gasteiger partial charge < -0.3 is 10.4 Å². The van der Waals surface area contributed by atoms with E-state index in [1.54, 1.807) is 0 Å². The molecule has 102 valence electrons. The van der Waals surface area contributed by atoms with Crippen molar-refractivity contribution in [2.75, 3.05) is 25.4 Å². The summed E-state index contributed by atoms with van der Waals surface area (Å²) in [4.78, 5) is 33.1. The third kappa shape index (κ3) is 3.23. The van der Waals surface area contributed by atoms with Crippen molar-refractivity contribution in [2.24, 2.45) is 0 Å².